The number of anilines is 1. The van der Waals surface area contributed by atoms with E-state index in [1.807, 2.05) is 13.8 Å². The number of phenolic OH excluding ortho intramolecular Hbond substituents is 1. The van der Waals surface area contributed by atoms with Gasteiger partial charge < -0.3 is 10.4 Å². The standard InChI is InChI=1S/C13H16N2O2/c1-8(2)10-7-11(9(3)6-12(10)16)15-13(17)4-5-14/h6-8,16H,4H2,1-3H3,(H,15,17). The van der Waals surface area contributed by atoms with Gasteiger partial charge in [0.05, 0.1) is 6.07 Å². The number of carbonyl (C=O) groups excluding carboxylic acids is 1. The second kappa shape index (κ2) is 5.35. The van der Waals surface area contributed by atoms with Crippen molar-refractivity contribution in [2.75, 3.05) is 5.32 Å². The summed E-state index contributed by atoms with van der Waals surface area (Å²) in [6.07, 6.45) is -0.169. The van der Waals surface area contributed by atoms with Gasteiger partial charge in [0.15, 0.2) is 0 Å². The van der Waals surface area contributed by atoms with Gasteiger partial charge in [-0.1, -0.05) is 13.8 Å². The van der Waals surface area contributed by atoms with E-state index in [4.69, 9.17) is 5.26 Å². The molecule has 0 aliphatic rings. The first-order chi connectivity index (χ1) is 7.95. The quantitative estimate of drug-likeness (QED) is 0.787. The summed E-state index contributed by atoms with van der Waals surface area (Å²) in [5.74, 6) is 0.0639. The van der Waals surface area contributed by atoms with Crippen molar-refractivity contribution >= 4 is 11.6 Å². The van der Waals surface area contributed by atoms with Gasteiger partial charge in [-0.25, -0.2) is 0 Å². The van der Waals surface area contributed by atoms with Crippen molar-refractivity contribution < 1.29 is 9.90 Å². The van der Waals surface area contributed by atoms with E-state index in [9.17, 15) is 9.90 Å². The molecule has 0 radical (unpaired) electrons. The van der Waals surface area contributed by atoms with Crippen molar-refractivity contribution in [3.8, 4) is 11.8 Å². The van der Waals surface area contributed by atoms with Crippen LogP contribution in [0.3, 0.4) is 0 Å². The lowest BCUT2D eigenvalue weighted by molar-refractivity contribution is -0.115. The molecule has 0 atom stereocenters. The zero-order chi connectivity index (χ0) is 13.0. The smallest absolute Gasteiger partial charge is 0.238 e. The first-order valence-electron chi connectivity index (χ1n) is 5.46. The zero-order valence-electron chi connectivity index (χ0n) is 10.2. The van der Waals surface area contributed by atoms with Crippen LogP contribution in [-0.4, -0.2) is 11.0 Å². The van der Waals surface area contributed by atoms with Gasteiger partial charge in [-0.3, -0.25) is 4.79 Å². The van der Waals surface area contributed by atoms with E-state index in [0.717, 1.165) is 11.1 Å². The Hall–Kier alpha value is -2.02. The number of rotatable bonds is 3. The maximum absolute atomic E-state index is 11.3. The summed E-state index contributed by atoms with van der Waals surface area (Å²) in [6.45, 7) is 5.72. The first kappa shape index (κ1) is 13.0. The minimum absolute atomic E-state index is 0.169. The van der Waals surface area contributed by atoms with Gasteiger partial charge in [0.25, 0.3) is 0 Å². The molecular weight excluding hydrogens is 216 g/mol. The molecule has 0 saturated heterocycles. The number of nitrogens with one attached hydrogen (secondary N) is 1. The lowest BCUT2D eigenvalue weighted by atomic mass is 9.99. The molecule has 1 aromatic carbocycles. The molecule has 2 N–H and O–H groups in total. The largest absolute Gasteiger partial charge is 0.508 e. The highest BCUT2D eigenvalue weighted by molar-refractivity contribution is 5.93. The SMILES string of the molecule is Cc1cc(O)c(C(C)C)cc1NC(=O)CC#N. The minimum atomic E-state index is -0.337. The summed E-state index contributed by atoms with van der Waals surface area (Å²) in [7, 11) is 0. The lowest BCUT2D eigenvalue weighted by Gasteiger charge is -2.13. The molecule has 0 spiro atoms. The Morgan fingerprint density at radius 3 is 2.71 bits per heavy atom. The predicted molar refractivity (Wildman–Crippen MR) is 65.8 cm³/mol. The van der Waals surface area contributed by atoms with Gasteiger partial charge >= 0.3 is 0 Å². The van der Waals surface area contributed by atoms with Crippen LogP contribution in [0.1, 0.15) is 37.3 Å². The van der Waals surface area contributed by atoms with Gasteiger partial charge in [-0.05, 0) is 36.1 Å². The predicted octanol–water partition coefficient (Wildman–Crippen LogP) is 2.68. The Morgan fingerprint density at radius 1 is 1.53 bits per heavy atom. The number of nitrogens with zero attached hydrogens (tertiary/aromatic N) is 1. The van der Waals surface area contributed by atoms with E-state index in [1.165, 1.54) is 0 Å². The average Bonchev–Trinajstić information content (AvgIpc) is 2.21. The van der Waals surface area contributed by atoms with Crippen LogP contribution < -0.4 is 5.32 Å². The van der Waals surface area contributed by atoms with Gasteiger partial charge in [0.2, 0.25) is 5.91 Å². The Morgan fingerprint density at radius 2 is 2.18 bits per heavy atom. The maximum atomic E-state index is 11.3. The number of carbonyl (C=O) groups is 1. The Balaban J connectivity index is 3.04. The van der Waals surface area contributed by atoms with E-state index in [1.54, 1.807) is 25.1 Å². The summed E-state index contributed by atoms with van der Waals surface area (Å²) in [6, 6.07) is 5.17. The molecule has 1 rings (SSSR count). The van der Waals surface area contributed by atoms with E-state index in [-0.39, 0.29) is 24.0 Å². The van der Waals surface area contributed by atoms with Crippen LogP contribution in [0.2, 0.25) is 0 Å². The molecule has 0 fully saturated rings. The zero-order valence-corrected chi connectivity index (χ0v) is 10.2. The highest BCUT2D eigenvalue weighted by atomic mass is 16.3. The number of amides is 1. The molecular formula is C13H16N2O2. The van der Waals surface area contributed by atoms with Crippen molar-refractivity contribution in [2.24, 2.45) is 0 Å². The second-order valence-corrected chi connectivity index (χ2v) is 4.26. The van der Waals surface area contributed by atoms with E-state index >= 15 is 0 Å². The van der Waals surface area contributed by atoms with E-state index in [0.29, 0.717) is 5.69 Å². The molecule has 0 aromatic heterocycles. The van der Waals surface area contributed by atoms with Crippen LogP contribution in [0.4, 0.5) is 5.69 Å². The van der Waals surface area contributed by atoms with Crippen molar-refractivity contribution in [1.29, 1.82) is 5.26 Å². The number of aryl methyl sites for hydroxylation is 1. The fourth-order valence-electron chi connectivity index (χ4n) is 1.57. The Kier molecular flexibility index (Phi) is 4.11. The van der Waals surface area contributed by atoms with Crippen LogP contribution in [0.15, 0.2) is 12.1 Å². The number of hydrogen-bond donors (Lipinski definition) is 2. The van der Waals surface area contributed by atoms with E-state index in [2.05, 4.69) is 5.32 Å². The van der Waals surface area contributed by atoms with Crippen LogP contribution in [0, 0.1) is 18.3 Å². The fraction of sp³-hybridized carbons (Fsp3) is 0.385. The van der Waals surface area contributed by atoms with Crippen LogP contribution in [0.25, 0.3) is 0 Å². The third kappa shape index (κ3) is 3.22. The Bertz CT molecular complexity index is 473. The average molecular weight is 232 g/mol. The molecule has 0 saturated carbocycles. The van der Waals surface area contributed by atoms with Gasteiger partial charge in [-0.15, -0.1) is 0 Å². The van der Waals surface area contributed by atoms with Crippen molar-refractivity contribution in [2.45, 2.75) is 33.1 Å². The van der Waals surface area contributed by atoms with Crippen molar-refractivity contribution in [3.63, 3.8) is 0 Å². The highest BCUT2D eigenvalue weighted by Crippen LogP contribution is 2.31. The lowest BCUT2D eigenvalue weighted by Crippen LogP contribution is -2.11. The summed E-state index contributed by atoms with van der Waals surface area (Å²) in [5, 5.41) is 20.8. The number of phenols is 1. The molecule has 4 nitrogen and oxygen atoms in total. The van der Waals surface area contributed by atoms with Crippen LogP contribution >= 0.6 is 0 Å². The molecule has 0 aliphatic heterocycles. The number of benzene rings is 1. The molecule has 1 amide bonds. The third-order valence-electron chi connectivity index (χ3n) is 2.51. The molecule has 0 bridgehead atoms. The van der Waals surface area contributed by atoms with E-state index < -0.39 is 0 Å². The van der Waals surface area contributed by atoms with Gasteiger partial charge in [0, 0.05) is 5.69 Å². The first-order valence-corrected chi connectivity index (χ1v) is 5.46. The molecule has 0 aliphatic carbocycles. The summed E-state index contributed by atoms with van der Waals surface area (Å²) in [5.41, 5.74) is 2.20. The molecule has 90 valence electrons. The molecule has 0 unspecified atom stereocenters. The molecule has 1 aromatic rings. The monoisotopic (exact) mass is 232 g/mol. The van der Waals surface area contributed by atoms with Gasteiger partial charge in [0.1, 0.15) is 12.2 Å². The second-order valence-electron chi connectivity index (χ2n) is 4.26. The number of hydrogen-bond acceptors (Lipinski definition) is 3. The molecule has 17 heavy (non-hydrogen) atoms. The van der Waals surface area contributed by atoms with Crippen LogP contribution in [0.5, 0.6) is 5.75 Å². The topological polar surface area (TPSA) is 73.1 Å². The van der Waals surface area contributed by atoms with Crippen LogP contribution in [-0.2, 0) is 4.79 Å². The normalized spacial score (nSPS) is 10.1. The summed E-state index contributed by atoms with van der Waals surface area (Å²) >= 11 is 0. The molecule has 4 heteroatoms. The maximum Gasteiger partial charge on any atom is 0.238 e. The summed E-state index contributed by atoms with van der Waals surface area (Å²) < 4.78 is 0. The third-order valence-corrected chi connectivity index (χ3v) is 2.51. The van der Waals surface area contributed by atoms with Crippen molar-refractivity contribution in [3.05, 3.63) is 23.3 Å². The molecule has 0 heterocycles. The highest BCUT2D eigenvalue weighted by Gasteiger charge is 2.11. The van der Waals surface area contributed by atoms with Crippen molar-refractivity contribution in [1.82, 2.24) is 0 Å². The number of nitriles is 1. The minimum Gasteiger partial charge on any atom is -0.508 e. The Labute approximate surface area is 101 Å². The summed E-state index contributed by atoms with van der Waals surface area (Å²) in [4.78, 5) is 11.3. The fourth-order valence-corrected chi connectivity index (χ4v) is 1.57. The number of aromatic hydroxyl groups is 1. The van der Waals surface area contributed by atoms with Gasteiger partial charge in [-0.2, -0.15) is 5.26 Å².